The Balaban J connectivity index is 2.24. The molecule has 1 N–H and O–H groups in total. The average molecular weight is 395 g/mol. The van der Waals surface area contributed by atoms with Crippen molar-refractivity contribution in [2.45, 2.75) is 32.6 Å². The van der Waals surface area contributed by atoms with E-state index in [1.54, 1.807) is 51.1 Å². The van der Waals surface area contributed by atoms with Crippen LogP contribution >= 0.6 is 11.6 Å². The van der Waals surface area contributed by atoms with Crippen molar-refractivity contribution in [2.75, 3.05) is 18.4 Å². The first-order valence-corrected chi connectivity index (χ1v) is 10.1. The molecule has 0 aromatic heterocycles. The highest BCUT2D eigenvalue weighted by Crippen LogP contribution is 2.24. The number of benzene rings is 2. The van der Waals surface area contributed by atoms with E-state index in [4.69, 9.17) is 11.6 Å². The van der Waals surface area contributed by atoms with Crippen molar-refractivity contribution >= 4 is 33.2 Å². The third-order valence-electron chi connectivity index (χ3n) is 4.18. The Morgan fingerprint density at radius 1 is 1.15 bits per heavy atom. The van der Waals surface area contributed by atoms with E-state index in [2.05, 4.69) is 5.32 Å². The van der Waals surface area contributed by atoms with Crippen LogP contribution in [0, 0.1) is 20.8 Å². The summed E-state index contributed by atoms with van der Waals surface area (Å²) in [5.74, 6) is -0.411. The standard InChI is InChI=1S/C19H23ClN2O3S/c1-5-22(26(24,25)18-11-13(2)9-10-14(18)3)12-19(23)21-17-8-6-7-16(20)15(17)4/h6-11H,5,12H2,1-4H3,(H,21,23). The fourth-order valence-electron chi connectivity index (χ4n) is 2.58. The molecule has 0 unspecified atom stereocenters. The number of nitrogens with zero attached hydrogens (tertiary/aromatic N) is 1. The van der Waals surface area contributed by atoms with Crippen LogP contribution in [0.1, 0.15) is 23.6 Å². The molecule has 0 fully saturated rings. The van der Waals surface area contributed by atoms with Gasteiger partial charge in [0.05, 0.1) is 11.4 Å². The Morgan fingerprint density at radius 2 is 1.85 bits per heavy atom. The van der Waals surface area contributed by atoms with Gasteiger partial charge in [-0.25, -0.2) is 8.42 Å². The van der Waals surface area contributed by atoms with Gasteiger partial charge < -0.3 is 5.32 Å². The number of halogens is 1. The Kier molecular flexibility index (Phi) is 6.44. The summed E-state index contributed by atoms with van der Waals surface area (Å²) in [7, 11) is -3.76. The zero-order valence-corrected chi connectivity index (χ0v) is 16.9. The molecular weight excluding hydrogens is 372 g/mol. The molecule has 26 heavy (non-hydrogen) atoms. The van der Waals surface area contributed by atoms with Gasteiger partial charge >= 0.3 is 0 Å². The minimum absolute atomic E-state index is 0.192. The lowest BCUT2D eigenvalue weighted by molar-refractivity contribution is -0.116. The molecule has 0 spiro atoms. The lowest BCUT2D eigenvalue weighted by Gasteiger charge is -2.21. The number of anilines is 1. The highest BCUT2D eigenvalue weighted by molar-refractivity contribution is 7.89. The molecule has 0 saturated carbocycles. The van der Waals surface area contributed by atoms with Crippen LogP contribution < -0.4 is 5.32 Å². The number of sulfonamides is 1. The predicted octanol–water partition coefficient (Wildman–Crippen LogP) is 3.91. The molecule has 0 aliphatic rings. The minimum atomic E-state index is -3.76. The maximum absolute atomic E-state index is 13.0. The molecule has 7 heteroatoms. The molecule has 140 valence electrons. The Hall–Kier alpha value is -1.89. The van der Waals surface area contributed by atoms with E-state index in [9.17, 15) is 13.2 Å². The summed E-state index contributed by atoms with van der Waals surface area (Å²) in [6.07, 6.45) is 0. The molecule has 2 aromatic carbocycles. The number of rotatable bonds is 6. The molecule has 0 atom stereocenters. The highest BCUT2D eigenvalue weighted by Gasteiger charge is 2.27. The normalized spacial score (nSPS) is 11.6. The van der Waals surface area contributed by atoms with Gasteiger partial charge in [-0.3, -0.25) is 4.79 Å². The Labute approximate surface area is 160 Å². The third-order valence-corrected chi connectivity index (χ3v) is 6.65. The van der Waals surface area contributed by atoms with Crippen molar-refractivity contribution in [1.82, 2.24) is 4.31 Å². The van der Waals surface area contributed by atoms with Crippen LogP contribution in [0.15, 0.2) is 41.3 Å². The van der Waals surface area contributed by atoms with Gasteiger partial charge in [-0.05, 0) is 55.7 Å². The van der Waals surface area contributed by atoms with Gasteiger partial charge in [-0.2, -0.15) is 4.31 Å². The van der Waals surface area contributed by atoms with Crippen molar-refractivity contribution in [3.8, 4) is 0 Å². The van der Waals surface area contributed by atoms with E-state index in [0.717, 1.165) is 11.1 Å². The second-order valence-electron chi connectivity index (χ2n) is 6.16. The predicted molar refractivity (Wildman–Crippen MR) is 105 cm³/mol. The van der Waals surface area contributed by atoms with Gasteiger partial charge in [0.25, 0.3) is 0 Å². The minimum Gasteiger partial charge on any atom is -0.325 e. The van der Waals surface area contributed by atoms with Crippen molar-refractivity contribution in [3.05, 3.63) is 58.1 Å². The molecule has 5 nitrogen and oxygen atoms in total. The van der Waals surface area contributed by atoms with E-state index in [-0.39, 0.29) is 18.0 Å². The van der Waals surface area contributed by atoms with Gasteiger partial charge in [-0.15, -0.1) is 0 Å². The summed E-state index contributed by atoms with van der Waals surface area (Å²) < 4.78 is 27.1. The maximum atomic E-state index is 13.0. The maximum Gasteiger partial charge on any atom is 0.243 e. The number of aryl methyl sites for hydroxylation is 2. The van der Waals surface area contributed by atoms with Crippen molar-refractivity contribution in [3.63, 3.8) is 0 Å². The molecule has 0 aliphatic heterocycles. The number of carbonyl (C=O) groups excluding carboxylic acids is 1. The SMILES string of the molecule is CCN(CC(=O)Nc1cccc(Cl)c1C)S(=O)(=O)c1cc(C)ccc1C. The molecular formula is C19H23ClN2O3S. The zero-order chi connectivity index (χ0) is 19.5. The first kappa shape index (κ1) is 20.4. The first-order chi connectivity index (χ1) is 12.2. The van der Waals surface area contributed by atoms with Gasteiger partial charge in [0.2, 0.25) is 15.9 Å². The average Bonchev–Trinajstić information content (AvgIpc) is 2.58. The largest absolute Gasteiger partial charge is 0.325 e. The van der Waals surface area contributed by atoms with Gasteiger partial charge in [0.1, 0.15) is 0 Å². The number of hydrogen-bond donors (Lipinski definition) is 1. The van der Waals surface area contributed by atoms with E-state index >= 15 is 0 Å². The monoisotopic (exact) mass is 394 g/mol. The first-order valence-electron chi connectivity index (χ1n) is 8.29. The number of carbonyl (C=O) groups is 1. The molecule has 2 rings (SSSR count). The second-order valence-corrected chi connectivity index (χ2v) is 8.47. The van der Waals surface area contributed by atoms with Crippen LogP contribution in [0.3, 0.4) is 0 Å². The molecule has 0 bridgehead atoms. The van der Waals surface area contributed by atoms with Crippen LogP contribution in [-0.2, 0) is 14.8 Å². The number of amides is 1. The van der Waals surface area contributed by atoms with Crippen LogP contribution in [0.2, 0.25) is 5.02 Å². The number of likely N-dealkylation sites (N-methyl/N-ethyl adjacent to an activating group) is 1. The topological polar surface area (TPSA) is 66.5 Å². The second kappa shape index (κ2) is 8.20. The summed E-state index contributed by atoms with van der Waals surface area (Å²) in [6.45, 7) is 7.01. The Bertz CT molecular complexity index is 926. The van der Waals surface area contributed by atoms with Crippen LogP contribution in [-0.4, -0.2) is 31.7 Å². The van der Waals surface area contributed by atoms with E-state index in [1.165, 1.54) is 4.31 Å². The van der Waals surface area contributed by atoms with Crippen LogP contribution in [0.5, 0.6) is 0 Å². The fourth-order valence-corrected chi connectivity index (χ4v) is 4.47. The molecule has 1 amide bonds. The van der Waals surface area contributed by atoms with Gasteiger partial charge in [0, 0.05) is 17.3 Å². The van der Waals surface area contributed by atoms with Crippen molar-refractivity contribution < 1.29 is 13.2 Å². The highest BCUT2D eigenvalue weighted by atomic mass is 35.5. The number of hydrogen-bond acceptors (Lipinski definition) is 3. The van der Waals surface area contributed by atoms with Gasteiger partial charge in [0.15, 0.2) is 0 Å². The third kappa shape index (κ3) is 4.44. The number of nitrogens with one attached hydrogen (secondary N) is 1. The summed E-state index contributed by atoms with van der Waals surface area (Å²) >= 11 is 6.06. The molecule has 0 heterocycles. The molecule has 2 aromatic rings. The van der Waals surface area contributed by atoms with Crippen molar-refractivity contribution in [2.24, 2.45) is 0 Å². The quantitative estimate of drug-likeness (QED) is 0.807. The summed E-state index contributed by atoms with van der Waals surface area (Å²) in [5.41, 5.74) is 2.81. The molecule has 0 radical (unpaired) electrons. The Morgan fingerprint density at radius 3 is 2.50 bits per heavy atom. The zero-order valence-electron chi connectivity index (χ0n) is 15.3. The smallest absolute Gasteiger partial charge is 0.243 e. The summed E-state index contributed by atoms with van der Waals surface area (Å²) in [5, 5.41) is 3.28. The van der Waals surface area contributed by atoms with Crippen LogP contribution in [0.4, 0.5) is 5.69 Å². The van der Waals surface area contributed by atoms with E-state index in [0.29, 0.717) is 16.3 Å². The van der Waals surface area contributed by atoms with E-state index < -0.39 is 15.9 Å². The lowest BCUT2D eigenvalue weighted by Crippen LogP contribution is -2.38. The van der Waals surface area contributed by atoms with Crippen molar-refractivity contribution in [1.29, 1.82) is 0 Å². The van der Waals surface area contributed by atoms with Gasteiger partial charge in [-0.1, -0.05) is 36.7 Å². The summed E-state index contributed by atoms with van der Waals surface area (Å²) in [4.78, 5) is 12.6. The molecule has 0 aliphatic carbocycles. The fraction of sp³-hybridized carbons (Fsp3) is 0.316. The van der Waals surface area contributed by atoms with E-state index in [1.807, 2.05) is 13.0 Å². The summed E-state index contributed by atoms with van der Waals surface area (Å²) in [6, 6.07) is 10.5. The van der Waals surface area contributed by atoms with Crippen LogP contribution in [0.25, 0.3) is 0 Å². The lowest BCUT2D eigenvalue weighted by atomic mass is 10.2. The molecule has 0 saturated heterocycles.